The summed E-state index contributed by atoms with van der Waals surface area (Å²) >= 11 is 0. The van der Waals surface area contributed by atoms with E-state index >= 15 is 0 Å². The molecule has 0 unspecified atom stereocenters. The fourth-order valence-corrected chi connectivity index (χ4v) is 12.2. The van der Waals surface area contributed by atoms with Crippen LogP contribution >= 0.6 is 0 Å². The number of benzene rings is 3. The molecule has 3 aromatic heterocycles. The number of methoxy groups -OCH3 is 1. The van der Waals surface area contributed by atoms with Crippen LogP contribution < -0.4 is 30.2 Å². The standard InChI is InChI=1S/C53H48F9N9O20S3/c1-5-86-47(75)32(16-26-19-69(22-63-26)92(78,79)51(54,55)56)66-44(72)29-8-11-35-38-41(29)89-36-12-9-30(45(73)67-33(48(76)87-6-2)17-27-20-70(23-64-27)93(80,81)52(57,58)59)42-39(36)50(38,14-15-85-25-84-4)40-37(91-42)13-10-31(43(40)90-35)46(74)68-34(49(77)88-7-3)18-28-21-71(24-65-28)94(82,83)53(60,61)62/h8-13,19-24,32-34H,5-7,14-18,25H2,1-4H3,(H,66,72)(H,67,73)(H,68,74)/t32-,33-,34-,50?/m1/s1. The van der Waals surface area contributed by atoms with Gasteiger partial charge in [0.25, 0.3) is 17.7 Å². The second-order valence-corrected chi connectivity index (χ2v) is 25.6. The van der Waals surface area contributed by atoms with Gasteiger partial charge < -0.3 is 53.8 Å². The zero-order valence-corrected chi connectivity index (χ0v) is 50.9. The summed E-state index contributed by atoms with van der Waals surface area (Å²) in [4.78, 5) is 96.5. The maximum atomic E-state index is 14.9. The van der Waals surface area contributed by atoms with Gasteiger partial charge in [0.15, 0.2) is 0 Å². The maximum Gasteiger partial charge on any atom is 0.517 e. The zero-order chi connectivity index (χ0) is 68.8. The Balaban J connectivity index is 1.19. The summed E-state index contributed by atoms with van der Waals surface area (Å²) in [6.07, 6.45) is -0.464. The number of hydrogen-bond donors (Lipinski definition) is 3. The molecule has 3 amide bonds. The van der Waals surface area contributed by atoms with Crippen molar-refractivity contribution >= 4 is 65.7 Å². The van der Waals surface area contributed by atoms with Crippen molar-refractivity contribution in [2.24, 2.45) is 0 Å². The van der Waals surface area contributed by atoms with Crippen LogP contribution in [0.1, 0.15) is 92.0 Å². The van der Waals surface area contributed by atoms with E-state index in [1.165, 1.54) is 46.1 Å². The third-order valence-electron chi connectivity index (χ3n) is 14.3. The third kappa shape index (κ3) is 12.8. The highest BCUT2D eigenvalue weighted by Crippen LogP contribution is 2.69. The van der Waals surface area contributed by atoms with E-state index in [1.807, 2.05) is 0 Å². The molecule has 3 N–H and O–H groups in total. The molecule has 6 heterocycles. The van der Waals surface area contributed by atoms with E-state index in [1.54, 1.807) is 0 Å². The molecule has 6 aromatic rings. The van der Waals surface area contributed by atoms with Gasteiger partial charge in [-0.05, 0) is 63.6 Å². The van der Waals surface area contributed by atoms with Crippen LogP contribution in [0.15, 0.2) is 74.0 Å². The molecule has 0 fully saturated rings. The van der Waals surface area contributed by atoms with Gasteiger partial charge in [0.05, 0.1) is 82.3 Å². The number of aromatic nitrogens is 6. The minimum Gasteiger partial charge on any atom is -0.464 e. The normalized spacial score (nSPS) is 14.8. The van der Waals surface area contributed by atoms with Crippen LogP contribution in [0.5, 0.6) is 34.5 Å². The molecule has 0 bridgehead atoms. The number of nitrogens with one attached hydrogen (secondary N) is 3. The molecule has 41 heteroatoms. The van der Waals surface area contributed by atoms with Gasteiger partial charge in [0.1, 0.15) is 78.4 Å². The number of halogens is 9. The summed E-state index contributed by atoms with van der Waals surface area (Å²) in [6.45, 7) is 2.40. The van der Waals surface area contributed by atoms with Crippen LogP contribution in [0.3, 0.4) is 0 Å². The highest BCUT2D eigenvalue weighted by Gasteiger charge is 2.58. The molecule has 506 valence electrons. The van der Waals surface area contributed by atoms with Crippen LogP contribution in [-0.4, -0.2) is 163 Å². The average molecular weight is 1400 g/mol. The zero-order valence-electron chi connectivity index (χ0n) is 48.5. The van der Waals surface area contributed by atoms with Crippen molar-refractivity contribution in [1.29, 1.82) is 0 Å². The average Bonchev–Trinajstić information content (AvgIpc) is 0.758. The van der Waals surface area contributed by atoms with Crippen LogP contribution in [0.2, 0.25) is 0 Å². The van der Waals surface area contributed by atoms with E-state index < -0.39 is 183 Å². The number of esters is 3. The first-order valence-corrected chi connectivity index (χ1v) is 31.5. The van der Waals surface area contributed by atoms with Crippen molar-refractivity contribution in [2.45, 2.75) is 86.5 Å². The van der Waals surface area contributed by atoms with Gasteiger partial charge in [-0.15, -0.1) is 0 Å². The fourth-order valence-electron chi connectivity index (χ4n) is 10.2. The highest BCUT2D eigenvalue weighted by molar-refractivity contribution is 7.91. The van der Waals surface area contributed by atoms with Crippen molar-refractivity contribution in [3.8, 4) is 34.5 Å². The van der Waals surface area contributed by atoms with Crippen LogP contribution in [0.4, 0.5) is 39.5 Å². The topological polar surface area (TPSA) is 368 Å². The highest BCUT2D eigenvalue weighted by atomic mass is 32.2. The van der Waals surface area contributed by atoms with Crippen molar-refractivity contribution in [2.75, 3.05) is 40.3 Å². The number of hydrogen-bond acceptors (Lipinski definition) is 23. The fraction of sp³-hybridized carbons (Fsp3) is 0.377. The SMILES string of the molecule is CCOC(=O)[C@@H](Cc1cn(S(=O)(=O)C(F)(F)F)cn1)NC(=O)c1ccc2c3c1Oc1ccc(C(=O)N[C@H](Cc4cn(S(=O)(=O)C(F)(F)F)cn4)C(=O)OCC)c4c1C3(CCOCOC)c1c(ccc(C(=O)N[C@H](Cc3cn(S(=O)(=O)C(F)(F)F)cn3)C(=O)OCC)c1O2)O4. The smallest absolute Gasteiger partial charge is 0.464 e. The number of rotatable bonds is 26. The Morgan fingerprint density at radius 1 is 0.500 bits per heavy atom. The molecule has 3 aliphatic rings. The largest absolute Gasteiger partial charge is 0.517 e. The second kappa shape index (κ2) is 25.9. The van der Waals surface area contributed by atoms with E-state index in [4.69, 9.17) is 37.9 Å². The van der Waals surface area contributed by atoms with Gasteiger partial charge in [0, 0.05) is 45.0 Å². The molecule has 3 atom stereocenters. The van der Waals surface area contributed by atoms with E-state index in [2.05, 4.69) is 30.9 Å². The third-order valence-corrected chi connectivity index (χ3v) is 18.3. The molecule has 94 heavy (non-hydrogen) atoms. The van der Waals surface area contributed by atoms with Gasteiger partial charge in [-0.1, -0.05) is 0 Å². The molecule has 29 nitrogen and oxygen atoms in total. The minimum atomic E-state index is -6.02. The summed E-state index contributed by atoms with van der Waals surface area (Å²) in [7, 11) is -16.8. The molecule has 3 aromatic carbocycles. The number of carbonyl (C=O) groups excluding carboxylic acids is 6. The monoisotopic (exact) mass is 1400 g/mol. The number of ether oxygens (including phenoxy) is 8. The molecule has 0 radical (unpaired) electrons. The van der Waals surface area contributed by atoms with Gasteiger partial charge in [-0.25, -0.2) is 41.3 Å². The molecule has 0 spiro atoms. The van der Waals surface area contributed by atoms with Crippen molar-refractivity contribution in [3.05, 3.63) is 124 Å². The number of alkyl halides is 9. The number of imidazole rings is 3. The first kappa shape index (κ1) is 69.0. The quantitative estimate of drug-likeness (QED) is 0.0217. The Morgan fingerprint density at radius 2 is 0.787 bits per heavy atom. The van der Waals surface area contributed by atoms with Crippen molar-refractivity contribution < 1.29 is 131 Å². The van der Waals surface area contributed by atoms with Crippen LogP contribution in [0, 0.1) is 0 Å². The summed E-state index contributed by atoms with van der Waals surface area (Å²) < 4.78 is 240. The molecule has 0 saturated carbocycles. The predicted octanol–water partition coefficient (Wildman–Crippen LogP) is 4.74. The van der Waals surface area contributed by atoms with E-state index in [-0.39, 0.29) is 78.7 Å². The number of amides is 3. The summed E-state index contributed by atoms with van der Waals surface area (Å²) in [5.74, 6) is -9.15. The Labute approximate surface area is 523 Å². The van der Waals surface area contributed by atoms with Crippen molar-refractivity contribution in [1.82, 2.24) is 42.8 Å². The van der Waals surface area contributed by atoms with Gasteiger partial charge in [0.2, 0.25) is 0 Å². The lowest BCUT2D eigenvalue weighted by Gasteiger charge is -2.48. The lowest BCUT2D eigenvalue weighted by molar-refractivity contribution is -0.146. The first-order valence-electron chi connectivity index (χ1n) is 27.1. The van der Waals surface area contributed by atoms with E-state index in [0.29, 0.717) is 37.6 Å². The van der Waals surface area contributed by atoms with Gasteiger partial charge >= 0.3 is 64.5 Å². The Kier molecular flexibility index (Phi) is 19.0. The maximum absolute atomic E-state index is 14.9. The van der Waals surface area contributed by atoms with Crippen LogP contribution in [0.25, 0.3) is 0 Å². The Hall–Kier alpha value is -9.35. The lowest BCUT2D eigenvalue weighted by Crippen LogP contribution is -2.45. The molecule has 0 saturated heterocycles. The van der Waals surface area contributed by atoms with Crippen LogP contribution in [-0.2, 0) is 92.8 Å². The Bertz CT molecular complexity index is 3960. The second-order valence-electron chi connectivity index (χ2n) is 20.1. The lowest BCUT2D eigenvalue weighted by atomic mass is 9.62. The minimum absolute atomic E-state index is 0.131. The first-order chi connectivity index (χ1) is 44.0. The summed E-state index contributed by atoms with van der Waals surface area (Å²) in [5, 5.41) is 7.25. The summed E-state index contributed by atoms with van der Waals surface area (Å²) in [6, 6.07) is 1.27. The molecular formula is C53H48F9N9O20S3. The summed E-state index contributed by atoms with van der Waals surface area (Å²) in [5.41, 5.74) is -22.5. The Morgan fingerprint density at radius 3 is 1.04 bits per heavy atom. The van der Waals surface area contributed by atoms with Gasteiger partial charge in [-0.3, -0.25) is 14.4 Å². The number of nitrogens with zero attached hydrogens (tertiary/aromatic N) is 6. The molecule has 3 aliphatic heterocycles. The molecule has 9 rings (SSSR count). The van der Waals surface area contributed by atoms with E-state index in [9.17, 15) is 93.5 Å². The molecule has 0 aliphatic carbocycles. The molecular weight excluding hydrogens is 1350 g/mol. The van der Waals surface area contributed by atoms with Crippen molar-refractivity contribution in [3.63, 3.8) is 0 Å². The van der Waals surface area contributed by atoms with E-state index in [0.717, 1.165) is 18.2 Å². The number of carbonyl (C=O) groups is 6. The van der Waals surface area contributed by atoms with Gasteiger partial charge in [-0.2, -0.15) is 64.8 Å². The predicted molar refractivity (Wildman–Crippen MR) is 294 cm³/mol.